The Morgan fingerprint density at radius 3 is 2.25 bits per heavy atom. The second kappa shape index (κ2) is 13.7. The monoisotopic (exact) mass is 573 g/mol. The maximum atomic E-state index is 13.3. The van der Waals surface area contributed by atoms with E-state index in [1.807, 2.05) is 60.7 Å². The van der Waals surface area contributed by atoms with Crippen molar-refractivity contribution < 1.29 is 28.3 Å². The topological polar surface area (TPSA) is 78.2 Å². The molecule has 1 amide bonds. The first kappa shape index (κ1) is 27.4. The molecular formula is C31H27NO6S2. The summed E-state index contributed by atoms with van der Waals surface area (Å²) in [6, 6.07) is 29.7. The van der Waals surface area contributed by atoms with Gasteiger partial charge in [0.2, 0.25) is 0 Å². The third-order valence-corrected chi connectivity index (χ3v) is 7.96. The Labute approximate surface area is 240 Å². The predicted octanol–water partition coefficient (Wildman–Crippen LogP) is 8.38. The molecule has 3 aromatic carbocycles. The van der Waals surface area contributed by atoms with Crippen molar-refractivity contribution in [3.8, 4) is 0 Å². The number of carbonyl (C=O) groups is 2. The number of ether oxygens (including phenoxy) is 2. The lowest BCUT2D eigenvalue weighted by atomic mass is 10.2. The van der Waals surface area contributed by atoms with Gasteiger partial charge >= 0.3 is 12.2 Å². The second-order valence-corrected chi connectivity index (χ2v) is 10.8. The summed E-state index contributed by atoms with van der Waals surface area (Å²) in [5.41, 5.74) is 2.74. The van der Waals surface area contributed by atoms with Crippen molar-refractivity contribution in [2.75, 3.05) is 5.75 Å². The van der Waals surface area contributed by atoms with Gasteiger partial charge in [-0.25, -0.2) is 9.59 Å². The van der Waals surface area contributed by atoms with Crippen LogP contribution in [0.3, 0.4) is 0 Å². The number of carbonyl (C=O) groups excluding carboxylic acids is 2. The van der Waals surface area contributed by atoms with Crippen LogP contribution in [0, 0.1) is 0 Å². The van der Waals surface area contributed by atoms with Gasteiger partial charge in [0.15, 0.2) is 0 Å². The Morgan fingerprint density at radius 1 is 0.825 bits per heavy atom. The van der Waals surface area contributed by atoms with Crippen LogP contribution in [0.1, 0.15) is 28.5 Å². The maximum Gasteiger partial charge on any atom is 0.533 e. The minimum Gasteiger partial charge on any atom is -0.467 e. The minimum absolute atomic E-state index is 0.00218. The summed E-state index contributed by atoms with van der Waals surface area (Å²) in [6.07, 6.45) is -0.342. The second-order valence-electron chi connectivity index (χ2n) is 8.82. The van der Waals surface area contributed by atoms with Gasteiger partial charge in [-0.05, 0) is 57.8 Å². The van der Waals surface area contributed by atoms with Gasteiger partial charge in [-0.2, -0.15) is 11.8 Å². The van der Waals surface area contributed by atoms with Crippen molar-refractivity contribution in [3.63, 3.8) is 0 Å². The van der Waals surface area contributed by atoms with Crippen LogP contribution in [0.5, 0.6) is 0 Å². The molecule has 1 atom stereocenters. The molecule has 0 aliphatic rings. The third-order valence-electron chi connectivity index (χ3n) is 5.97. The Bertz CT molecular complexity index is 1500. The van der Waals surface area contributed by atoms with Crippen molar-refractivity contribution in [2.24, 2.45) is 0 Å². The first-order chi connectivity index (χ1) is 19.7. The Kier molecular flexibility index (Phi) is 9.39. The highest BCUT2D eigenvalue weighted by Crippen LogP contribution is 2.30. The third kappa shape index (κ3) is 7.46. The number of nitrogens with zero attached hydrogens (tertiary/aromatic N) is 1. The zero-order valence-corrected chi connectivity index (χ0v) is 23.1. The van der Waals surface area contributed by atoms with E-state index >= 15 is 0 Å². The van der Waals surface area contributed by atoms with Crippen molar-refractivity contribution in [2.45, 2.75) is 25.0 Å². The first-order valence-electron chi connectivity index (χ1n) is 12.6. The van der Waals surface area contributed by atoms with E-state index in [0.717, 1.165) is 21.8 Å². The molecule has 0 saturated heterocycles. The van der Waals surface area contributed by atoms with Gasteiger partial charge in [-0.15, -0.1) is 16.4 Å². The Hall–Kier alpha value is -4.21. The lowest BCUT2D eigenvalue weighted by molar-refractivity contribution is -0.136. The lowest BCUT2D eigenvalue weighted by Gasteiger charge is -2.27. The Balaban J connectivity index is 1.30. The van der Waals surface area contributed by atoms with E-state index in [0.29, 0.717) is 17.3 Å². The number of thioether (sulfide) groups is 1. The molecule has 7 nitrogen and oxygen atoms in total. The number of hydrogen-bond acceptors (Lipinski definition) is 8. The summed E-state index contributed by atoms with van der Waals surface area (Å²) in [7, 11) is 0. The van der Waals surface area contributed by atoms with Crippen molar-refractivity contribution in [3.05, 3.63) is 131 Å². The van der Waals surface area contributed by atoms with Crippen LogP contribution >= 0.6 is 23.1 Å². The largest absolute Gasteiger partial charge is 0.533 e. The molecule has 0 N–H and O–H groups in total. The molecule has 40 heavy (non-hydrogen) atoms. The van der Waals surface area contributed by atoms with Crippen LogP contribution in [-0.4, -0.2) is 23.1 Å². The van der Waals surface area contributed by atoms with Crippen molar-refractivity contribution in [1.29, 1.82) is 0 Å². The molecule has 0 unspecified atom stereocenters. The zero-order chi connectivity index (χ0) is 27.6. The number of amides is 1. The van der Waals surface area contributed by atoms with E-state index in [2.05, 4.69) is 29.6 Å². The van der Waals surface area contributed by atoms with Crippen LogP contribution in [-0.2, 0) is 33.3 Å². The molecule has 2 heterocycles. The highest BCUT2D eigenvalue weighted by molar-refractivity contribution is 7.98. The number of fused-ring (bicyclic) bond motifs is 1. The molecule has 0 saturated carbocycles. The van der Waals surface area contributed by atoms with Gasteiger partial charge in [0.05, 0.1) is 6.26 Å². The number of thiophene rings is 1. The molecule has 0 spiro atoms. The van der Waals surface area contributed by atoms with E-state index in [1.54, 1.807) is 35.2 Å². The lowest BCUT2D eigenvalue weighted by Crippen LogP contribution is -2.38. The summed E-state index contributed by atoms with van der Waals surface area (Å²) in [6.45, 7) is 0.00900. The smallest absolute Gasteiger partial charge is 0.467 e. The summed E-state index contributed by atoms with van der Waals surface area (Å²) >= 11 is 3.29. The fourth-order valence-corrected chi connectivity index (χ4v) is 5.80. The predicted molar refractivity (Wildman–Crippen MR) is 156 cm³/mol. The van der Waals surface area contributed by atoms with Crippen LogP contribution < -0.4 is 0 Å². The van der Waals surface area contributed by atoms with E-state index < -0.39 is 18.3 Å². The maximum absolute atomic E-state index is 13.3. The van der Waals surface area contributed by atoms with Crippen molar-refractivity contribution in [1.82, 2.24) is 5.06 Å². The Morgan fingerprint density at radius 2 is 1.55 bits per heavy atom. The summed E-state index contributed by atoms with van der Waals surface area (Å²) in [5.74, 6) is 1.52. The normalized spacial score (nSPS) is 11.6. The molecule has 0 radical (unpaired) electrons. The first-order valence-corrected chi connectivity index (χ1v) is 14.6. The van der Waals surface area contributed by atoms with Gasteiger partial charge in [0.25, 0.3) is 0 Å². The van der Waals surface area contributed by atoms with E-state index in [1.165, 1.54) is 16.3 Å². The number of rotatable bonds is 10. The molecule has 0 fully saturated rings. The fourth-order valence-electron chi connectivity index (χ4n) is 3.97. The van der Waals surface area contributed by atoms with Crippen LogP contribution in [0.2, 0.25) is 0 Å². The number of hydrogen-bond donors (Lipinski definition) is 0. The standard InChI is InChI=1S/C31H27NO6S2/c33-30(36-19-23-8-3-1-4-9-23)32(38-31(34)37-20-24-10-5-2-6-11-24)27(28-12-7-16-35-28)22-39-21-25-13-14-29-26(18-25)15-17-40-29/h1-18,27H,19-22H2/t27-/m1/s1. The molecule has 0 aliphatic carbocycles. The number of furan rings is 1. The summed E-state index contributed by atoms with van der Waals surface area (Å²) in [5, 5.41) is 4.17. The SMILES string of the molecule is O=C(OCc1ccccc1)ON(C(=O)OCc1ccccc1)[C@H](CSCc1ccc2sccc2c1)c1ccco1. The average molecular weight is 574 g/mol. The molecule has 9 heteroatoms. The fraction of sp³-hybridized carbons (Fsp3) is 0.161. The highest BCUT2D eigenvalue weighted by Gasteiger charge is 2.33. The van der Waals surface area contributed by atoms with Gasteiger partial charge in [-0.3, -0.25) is 4.84 Å². The van der Waals surface area contributed by atoms with Gasteiger partial charge in [-0.1, -0.05) is 66.7 Å². The molecule has 2 aromatic heterocycles. The summed E-state index contributed by atoms with van der Waals surface area (Å²) in [4.78, 5) is 31.6. The van der Waals surface area contributed by atoms with Gasteiger partial charge < -0.3 is 13.9 Å². The van der Waals surface area contributed by atoms with Crippen LogP contribution in [0.25, 0.3) is 10.1 Å². The number of hydroxylamine groups is 2. The van der Waals surface area contributed by atoms with Crippen molar-refractivity contribution >= 4 is 45.4 Å². The molecule has 5 rings (SSSR count). The van der Waals surface area contributed by atoms with Crippen LogP contribution in [0.4, 0.5) is 9.59 Å². The highest BCUT2D eigenvalue weighted by atomic mass is 32.2. The molecule has 0 aliphatic heterocycles. The van der Waals surface area contributed by atoms with E-state index in [-0.39, 0.29) is 13.2 Å². The molecular weight excluding hydrogens is 546 g/mol. The zero-order valence-electron chi connectivity index (χ0n) is 21.5. The van der Waals surface area contributed by atoms with E-state index in [9.17, 15) is 9.59 Å². The van der Waals surface area contributed by atoms with Gasteiger partial charge in [0.1, 0.15) is 25.0 Å². The minimum atomic E-state index is -1.02. The van der Waals surface area contributed by atoms with E-state index in [4.69, 9.17) is 18.7 Å². The average Bonchev–Trinajstić information content (AvgIpc) is 3.70. The number of benzene rings is 3. The molecule has 204 valence electrons. The molecule has 0 bridgehead atoms. The van der Waals surface area contributed by atoms with Gasteiger partial charge in [0, 0.05) is 16.2 Å². The summed E-state index contributed by atoms with van der Waals surface area (Å²) < 4.78 is 17.7. The quantitative estimate of drug-likeness (QED) is 0.123. The molecule has 5 aromatic rings. The van der Waals surface area contributed by atoms with Crippen LogP contribution in [0.15, 0.2) is 113 Å².